The molecule has 1 aromatic carbocycles. The van der Waals surface area contributed by atoms with Crippen LogP contribution in [0.25, 0.3) is 10.9 Å². The molecular weight excluding hydrogens is 210 g/mol. The highest BCUT2D eigenvalue weighted by atomic mass is 32.1. The van der Waals surface area contributed by atoms with Crippen molar-refractivity contribution in [3.05, 3.63) is 30.0 Å². The Balaban J connectivity index is 2.74. The van der Waals surface area contributed by atoms with E-state index in [0.717, 1.165) is 22.1 Å². The maximum Gasteiger partial charge on any atom is 0.151 e. The van der Waals surface area contributed by atoms with Crippen LogP contribution in [0.3, 0.4) is 0 Å². The molecule has 0 atom stereocenters. The van der Waals surface area contributed by atoms with Crippen LogP contribution >= 0.6 is 12.6 Å². The van der Waals surface area contributed by atoms with Gasteiger partial charge < -0.3 is 4.74 Å². The molecule has 4 heteroatoms. The molecule has 76 valence electrons. The minimum absolute atomic E-state index is 0.545. The van der Waals surface area contributed by atoms with Crippen LogP contribution in [0.15, 0.2) is 29.3 Å². The number of methoxy groups -OCH3 is 1. The number of benzene rings is 1. The number of nitrogens with zero attached hydrogens (tertiary/aromatic N) is 1. The van der Waals surface area contributed by atoms with E-state index < -0.39 is 0 Å². The second-order valence-corrected chi connectivity index (χ2v) is 3.59. The maximum absolute atomic E-state index is 10.6. The van der Waals surface area contributed by atoms with Crippen molar-refractivity contribution in [1.82, 2.24) is 4.98 Å². The van der Waals surface area contributed by atoms with Crippen molar-refractivity contribution >= 4 is 29.8 Å². The molecule has 0 fully saturated rings. The molecule has 0 N–H and O–H groups in total. The molecule has 0 aliphatic rings. The van der Waals surface area contributed by atoms with Crippen molar-refractivity contribution in [3.8, 4) is 5.75 Å². The molecular formula is C11H9NO2S. The van der Waals surface area contributed by atoms with Crippen LogP contribution in [0, 0.1) is 0 Å². The summed E-state index contributed by atoms with van der Waals surface area (Å²) in [6, 6.07) is 5.38. The Labute approximate surface area is 92.5 Å². The first kappa shape index (κ1) is 9.98. The predicted molar refractivity (Wildman–Crippen MR) is 60.9 cm³/mol. The second kappa shape index (κ2) is 3.90. The van der Waals surface area contributed by atoms with E-state index in [4.69, 9.17) is 4.74 Å². The summed E-state index contributed by atoms with van der Waals surface area (Å²) in [4.78, 5) is 15.5. The van der Waals surface area contributed by atoms with E-state index in [9.17, 15) is 4.79 Å². The normalized spacial score (nSPS) is 10.3. The molecule has 1 aromatic heterocycles. The van der Waals surface area contributed by atoms with Crippen molar-refractivity contribution in [2.24, 2.45) is 0 Å². The smallest absolute Gasteiger partial charge is 0.151 e. The van der Waals surface area contributed by atoms with Gasteiger partial charge in [0.15, 0.2) is 6.29 Å². The Morgan fingerprint density at radius 1 is 1.40 bits per heavy atom. The first-order valence-corrected chi connectivity index (χ1v) is 4.81. The maximum atomic E-state index is 10.6. The minimum atomic E-state index is 0.545. The van der Waals surface area contributed by atoms with Gasteiger partial charge in [-0.05, 0) is 18.2 Å². The van der Waals surface area contributed by atoms with Crippen LogP contribution in [-0.2, 0) is 0 Å². The van der Waals surface area contributed by atoms with Crippen molar-refractivity contribution in [3.63, 3.8) is 0 Å². The Bertz CT molecular complexity index is 525. The molecule has 0 aliphatic carbocycles. The zero-order valence-corrected chi connectivity index (χ0v) is 8.99. The van der Waals surface area contributed by atoms with E-state index >= 15 is 0 Å². The summed E-state index contributed by atoms with van der Waals surface area (Å²) in [6.45, 7) is 0. The van der Waals surface area contributed by atoms with Gasteiger partial charge in [-0.3, -0.25) is 9.78 Å². The van der Waals surface area contributed by atoms with Crippen LogP contribution in [0.5, 0.6) is 5.75 Å². The van der Waals surface area contributed by atoms with Gasteiger partial charge in [0, 0.05) is 22.0 Å². The average molecular weight is 219 g/mol. The summed E-state index contributed by atoms with van der Waals surface area (Å²) in [5.41, 5.74) is 1.31. The third-order valence-electron chi connectivity index (χ3n) is 2.13. The number of hydrogen-bond donors (Lipinski definition) is 1. The highest BCUT2D eigenvalue weighted by molar-refractivity contribution is 7.80. The van der Waals surface area contributed by atoms with Crippen molar-refractivity contribution < 1.29 is 9.53 Å². The fourth-order valence-electron chi connectivity index (χ4n) is 1.40. The molecule has 0 saturated carbocycles. The van der Waals surface area contributed by atoms with E-state index in [1.54, 1.807) is 19.2 Å². The molecule has 2 rings (SSSR count). The summed E-state index contributed by atoms with van der Waals surface area (Å²) in [5.74, 6) is 0.706. The molecule has 0 bridgehead atoms. The lowest BCUT2D eigenvalue weighted by molar-refractivity contribution is 0.112. The Morgan fingerprint density at radius 2 is 2.20 bits per heavy atom. The number of rotatable bonds is 2. The summed E-state index contributed by atoms with van der Waals surface area (Å²) < 4.78 is 5.11. The number of ether oxygens (including phenoxy) is 1. The first-order chi connectivity index (χ1) is 7.24. The van der Waals surface area contributed by atoms with Crippen LogP contribution in [0.2, 0.25) is 0 Å². The fraction of sp³-hybridized carbons (Fsp3) is 0.0909. The quantitative estimate of drug-likeness (QED) is 0.622. The third kappa shape index (κ3) is 1.80. The van der Waals surface area contributed by atoms with Gasteiger partial charge in [0.2, 0.25) is 0 Å². The number of hydrogen-bond acceptors (Lipinski definition) is 4. The molecule has 2 aromatic rings. The zero-order valence-electron chi connectivity index (χ0n) is 8.10. The molecule has 1 heterocycles. The van der Waals surface area contributed by atoms with Gasteiger partial charge >= 0.3 is 0 Å². The number of fused-ring (bicyclic) bond motifs is 1. The first-order valence-electron chi connectivity index (χ1n) is 4.36. The summed E-state index contributed by atoms with van der Waals surface area (Å²) in [5, 5.41) is 0.851. The van der Waals surface area contributed by atoms with Gasteiger partial charge in [0.1, 0.15) is 5.75 Å². The van der Waals surface area contributed by atoms with Crippen molar-refractivity contribution in [1.29, 1.82) is 0 Å². The third-order valence-corrected chi connectivity index (χ3v) is 2.47. The van der Waals surface area contributed by atoms with E-state index in [0.29, 0.717) is 11.3 Å². The lowest BCUT2D eigenvalue weighted by Crippen LogP contribution is -1.88. The van der Waals surface area contributed by atoms with Crippen LogP contribution < -0.4 is 4.74 Å². The Kier molecular flexibility index (Phi) is 2.60. The highest BCUT2D eigenvalue weighted by Crippen LogP contribution is 2.26. The lowest BCUT2D eigenvalue weighted by atomic mass is 10.1. The number of carbonyl (C=O) groups excluding carboxylic acids is 1. The molecule has 0 radical (unpaired) electrons. The van der Waals surface area contributed by atoms with Gasteiger partial charge in [0.05, 0.1) is 12.6 Å². The zero-order chi connectivity index (χ0) is 10.8. The van der Waals surface area contributed by atoms with E-state index in [-0.39, 0.29) is 0 Å². The number of carbonyl (C=O) groups is 1. The molecule has 0 spiro atoms. The van der Waals surface area contributed by atoms with Crippen molar-refractivity contribution in [2.45, 2.75) is 4.90 Å². The van der Waals surface area contributed by atoms with Crippen LogP contribution in [0.1, 0.15) is 10.4 Å². The van der Waals surface area contributed by atoms with Crippen molar-refractivity contribution in [2.75, 3.05) is 7.11 Å². The number of aldehydes is 1. The monoisotopic (exact) mass is 219 g/mol. The topological polar surface area (TPSA) is 39.2 Å². The van der Waals surface area contributed by atoms with Gasteiger partial charge in [-0.1, -0.05) is 0 Å². The largest absolute Gasteiger partial charge is 0.497 e. The van der Waals surface area contributed by atoms with E-state index in [2.05, 4.69) is 17.6 Å². The van der Waals surface area contributed by atoms with E-state index in [1.807, 2.05) is 6.07 Å². The lowest BCUT2D eigenvalue weighted by Gasteiger charge is -2.05. The standard InChI is InChI=1S/C11H9NO2S/c1-14-9-3-8-2-7(6-13)5-12-11(8)10(15)4-9/h2-6,15H,1H3. The Morgan fingerprint density at radius 3 is 2.87 bits per heavy atom. The Hall–Kier alpha value is -1.55. The molecule has 0 unspecified atom stereocenters. The molecule has 0 aliphatic heterocycles. The second-order valence-electron chi connectivity index (χ2n) is 3.10. The molecule has 15 heavy (non-hydrogen) atoms. The average Bonchev–Trinajstić information content (AvgIpc) is 2.28. The molecule has 0 amide bonds. The van der Waals surface area contributed by atoms with Gasteiger partial charge in [-0.15, -0.1) is 12.6 Å². The SMILES string of the molecule is COc1cc(S)c2ncc(C=O)cc2c1. The van der Waals surface area contributed by atoms with Gasteiger partial charge in [-0.25, -0.2) is 0 Å². The predicted octanol–water partition coefficient (Wildman–Crippen LogP) is 2.34. The van der Waals surface area contributed by atoms with E-state index in [1.165, 1.54) is 6.20 Å². The number of thiol groups is 1. The fourth-order valence-corrected chi connectivity index (χ4v) is 1.72. The van der Waals surface area contributed by atoms with Crippen LogP contribution in [-0.4, -0.2) is 18.4 Å². The van der Waals surface area contributed by atoms with Gasteiger partial charge in [0.25, 0.3) is 0 Å². The molecule has 0 saturated heterocycles. The minimum Gasteiger partial charge on any atom is -0.497 e. The van der Waals surface area contributed by atoms with Gasteiger partial charge in [-0.2, -0.15) is 0 Å². The summed E-state index contributed by atoms with van der Waals surface area (Å²) >= 11 is 4.31. The summed E-state index contributed by atoms with van der Waals surface area (Å²) in [6.07, 6.45) is 2.30. The number of pyridine rings is 1. The molecule has 3 nitrogen and oxygen atoms in total. The number of aromatic nitrogens is 1. The van der Waals surface area contributed by atoms with Crippen LogP contribution in [0.4, 0.5) is 0 Å². The summed E-state index contributed by atoms with van der Waals surface area (Å²) in [7, 11) is 1.59. The highest BCUT2D eigenvalue weighted by Gasteiger charge is 2.03.